The third kappa shape index (κ3) is 18.5. The third-order valence-electron chi connectivity index (χ3n) is 5.74. The summed E-state index contributed by atoms with van der Waals surface area (Å²) in [5.74, 6) is -1.30. The summed E-state index contributed by atoms with van der Waals surface area (Å²) in [7, 11) is 3.26. The molecule has 0 aromatic rings. The van der Waals surface area contributed by atoms with Gasteiger partial charge in [-0.15, -0.1) is 0 Å². The van der Waals surface area contributed by atoms with Crippen molar-refractivity contribution in [3.8, 4) is 0 Å². The average molecular weight is 617 g/mol. The molecule has 0 spiro atoms. The molecular weight excluding hydrogens is 557 g/mol. The lowest BCUT2D eigenvalue weighted by Gasteiger charge is -2.25. The van der Waals surface area contributed by atoms with Gasteiger partial charge in [0.15, 0.2) is 0 Å². The molecule has 1 aliphatic rings. The molecule has 7 nitrogen and oxygen atoms in total. The third-order valence-corrected chi connectivity index (χ3v) is 5.74. The van der Waals surface area contributed by atoms with E-state index in [0.29, 0.717) is 18.8 Å². The molecule has 0 aromatic heterocycles. The lowest BCUT2D eigenvalue weighted by molar-refractivity contribution is -0.137. The summed E-state index contributed by atoms with van der Waals surface area (Å²) in [6, 6.07) is 0. The van der Waals surface area contributed by atoms with E-state index in [9.17, 15) is 18.0 Å². The first kappa shape index (κ1) is 44.7. The van der Waals surface area contributed by atoms with E-state index in [1.807, 2.05) is 55.4 Å². The fourth-order valence-corrected chi connectivity index (χ4v) is 4.12. The number of amidine groups is 1. The van der Waals surface area contributed by atoms with Gasteiger partial charge in [-0.1, -0.05) is 67.9 Å². The highest BCUT2D eigenvalue weighted by Gasteiger charge is 2.40. The average Bonchev–Trinajstić information content (AvgIpc) is 2.96. The number of hydrogen-bond donors (Lipinski definition) is 1. The van der Waals surface area contributed by atoms with Crippen molar-refractivity contribution < 1.29 is 27.8 Å². The van der Waals surface area contributed by atoms with Crippen LogP contribution in [-0.2, 0) is 9.53 Å². The lowest BCUT2D eigenvalue weighted by Crippen LogP contribution is -2.28. The Kier molecular flexibility index (Phi) is 26.7. The van der Waals surface area contributed by atoms with Crippen LogP contribution in [-0.4, -0.2) is 73.7 Å². The van der Waals surface area contributed by atoms with Gasteiger partial charge in [0.05, 0.1) is 23.9 Å². The van der Waals surface area contributed by atoms with Gasteiger partial charge in [0, 0.05) is 31.9 Å². The number of halogens is 3. The number of allylic oxidation sites excluding steroid dienone is 3. The number of nitrogens with zero attached hydrogens (tertiary/aromatic N) is 4. The highest BCUT2D eigenvalue weighted by molar-refractivity contribution is 5.93. The van der Waals surface area contributed by atoms with Crippen LogP contribution in [0.3, 0.4) is 0 Å². The molecule has 2 unspecified atom stereocenters. The van der Waals surface area contributed by atoms with Crippen molar-refractivity contribution in [1.82, 2.24) is 4.90 Å². The van der Waals surface area contributed by atoms with Crippen LogP contribution in [0.1, 0.15) is 102 Å². The summed E-state index contributed by atoms with van der Waals surface area (Å²) < 4.78 is 46.5. The maximum atomic E-state index is 13.7. The number of likely N-dealkylation sites (N-methyl/N-ethyl adjacent to an activating group) is 1. The molecule has 0 saturated carbocycles. The number of rotatable bonds is 13. The lowest BCUT2D eigenvalue weighted by atomic mass is 9.91. The predicted octanol–water partition coefficient (Wildman–Crippen LogP) is 9.17. The van der Waals surface area contributed by atoms with E-state index in [-0.39, 0.29) is 30.7 Å². The Hall–Kier alpha value is -2.75. The first-order valence-electron chi connectivity index (χ1n) is 15.6. The van der Waals surface area contributed by atoms with Gasteiger partial charge in [-0.05, 0) is 64.6 Å². The van der Waals surface area contributed by atoms with Crippen LogP contribution >= 0.6 is 0 Å². The molecule has 0 saturated heterocycles. The zero-order chi connectivity index (χ0) is 34.2. The van der Waals surface area contributed by atoms with Gasteiger partial charge >= 0.3 is 12.1 Å². The van der Waals surface area contributed by atoms with E-state index in [1.165, 1.54) is 13.1 Å². The summed E-state index contributed by atoms with van der Waals surface area (Å²) in [4.78, 5) is 25.9. The number of hydrogen-bond acceptors (Lipinski definition) is 5. The molecule has 0 amide bonds. The van der Waals surface area contributed by atoms with Crippen molar-refractivity contribution in [2.45, 2.75) is 114 Å². The van der Waals surface area contributed by atoms with E-state index in [4.69, 9.17) is 9.84 Å². The first-order chi connectivity index (χ1) is 20.3. The van der Waals surface area contributed by atoms with Crippen molar-refractivity contribution in [2.24, 2.45) is 26.8 Å². The summed E-state index contributed by atoms with van der Waals surface area (Å²) >= 11 is 0. The van der Waals surface area contributed by atoms with Crippen molar-refractivity contribution >= 4 is 24.2 Å². The summed E-state index contributed by atoms with van der Waals surface area (Å²) in [5, 5.41) is 9.09. The number of aliphatic imine (C=N–C) groups is 3. The summed E-state index contributed by atoms with van der Waals surface area (Å²) in [5.41, 5.74) is 1.22. The van der Waals surface area contributed by atoms with E-state index in [0.717, 1.165) is 24.1 Å². The Balaban J connectivity index is -0.00000250. The second kappa shape index (κ2) is 25.7. The number of carboxylic acid groups (broad SMARTS) is 1. The molecule has 0 aromatic carbocycles. The molecule has 43 heavy (non-hydrogen) atoms. The van der Waals surface area contributed by atoms with Crippen LogP contribution in [0.15, 0.2) is 49.7 Å². The highest BCUT2D eigenvalue weighted by atomic mass is 19.4. The minimum Gasteiger partial charge on any atom is -0.491 e. The maximum absolute atomic E-state index is 13.7. The number of carboxylic acids is 1. The largest absolute Gasteiger partial charge is 0.491 e. The fraction of sp³-hybridized carbons (Fsp3) is 0.697. The zero-order valence-corrected chi connectivity index (χ0v) is 29.0. The standard InChI is InChI=1S/C27H41F3N4O3.3C2H6/c1-8-10-21(23(32-9-2)16-34(7)17-25(35)36)19(5)13-14-33-26(31-6)20-11-12-24(37-18(3)4)22(15-20)27(28,29)30;3*1-2/h9,11-12,14,18-20H,8,10,13,15-17H2,1-7H3,(H,35,36);3*1-2H3/b23-21-,31-26?,32-9?,33-14?;;;. The molecule has 10 heteroatoms. The number of ether oxygens (including phenoxy) is 1. The van der Waals surface area contributed by atoms with E-state index >= 15 is 0 Å². The minimum atomic E-state index is -4.51. The van der Waals surface area contributed by atoms with Gasteiger partial charge in [0.25, 0.3) is 0 Å². The van der Waals surface area contributed by atoms with E-state index in [2.05, 4.69) is 21.9 Å². The Labute approximate surface area is 259 Å². The minimum absolute atomic E-state index is 0.0531. The van der Waals surface area contributed by atoms with E-state index in [1.54, 1.807) is 44.3 Å². The maximum Gasteiger partial charge on any atom is 0.416 e. The highest BCUT2D eigenvalue weighted by Crippen LogP contribution is 2.38. The molecule has 0 heterocycles. The number of alkyl halides is 3. The summed E-state index contributed by atoms with van der Waals surface area (Å²) in [6.45, 7) is 21.6. The van der Waals surface area contributed by atoms with Crippen molar-refractivity contribution in [3.63, 3.8) is 0 Å². The van der Waals surface area contributed by atoms with Gasteiger partial charge in [-0.2, -0.15) is 13.2 Å². The molecule has 0 aliphatic heterocycles. The van der Waals surface area contributed by atoms with Crippen LogP contribution in [0.25, 0.3) is 0 Å². The van der Waals surface area contributed by atoms with Crippen molar-refractivity contribution in [3.05, 3.63) is 34.8 Å². The normalized spacial score (nSPS) is 16.7. The fourth-order valence-electron chi connectivity index (χ4n) is 4.12. The van der Waals surface area contributed by atoms with Crippen molar-refractivity contribution in [1.29, 1.82) is 0 Å². The molecule has 250 valence electrons. The van der Waals surface area contributed by atoms with Crippen LogP contribution in [0.4, 0.5) is 13.2 Å². The van der Waals surface area contributed by atoms with Crippen LogP contribution in [0.2, 0.25) is 0 Å². The summed E-state index contributed by atoms with van der Waals surface area (Å²) in [6.07, 6.45) is 3.48. The van der Waals surface area contributed by atoms with Gasteiger partial charge in [-0.25, -0.2) is 4.99 Å². The predicted molar refractivity (Wildman–Crippen MR) is 177 cm³/mol. The van der Waals surface area contributed by atoms with Gasteiger partial charge < -0.3 is 9.84 Å². The molecule has 0 bridgehead atoms. The Bertz CT molecular complexity index is 950. The van der Waals surface area contributed by atoms with Crippen LogP contribution < -0.4 is 0 Å². The zero-order valence-electron chi connectivity index (χ0n) is 29.0. The molecule has 0 fully saturated rings. The van der Waals surface area contributed by atoms with E-state index < -0.39 is 23.6 Å². The van der Waals surface area contributed by atoms with Crippen LogP contribution in [0.5, 0.6) is 0 Å². The van der Waals surface area contributed by atoms with Gasteiger partial charge in [0.1, 0.15) is 11.6 Å². The molecule has 1 aliphatic carbocycles. The quantitative estimate of drug-likeness (QED) is 0.165. The molecule has 0 radical (unpaired) electrons. The second-order valence-electron chi connectivity index (χ2n) is 9.38. The smallest absolute Gasteiger partial charge is 0.416 e. The Morgan fingerprint density at radius 2 is 1.70 bits per heavy atom. The Morgan fingerprint density at radius 3 is 2.14 bits per heavy atom. The van der Waals surface area contributed by atoms with Gasteiger partial charge in [-0.3, -0.25) is 19.7 Å². The van der Waals surface area contributed by atoms with Crippen LogP contribution in [0, 0.1) is 11.8 Å². The molecular formula is C33H59F3N4O3. The first-order valence-corrected chi connectivity index (χ1v) is 15.6. The number of aliphatic carboxylic acids is 1. The Morgan fingerprint density at radius 1 is 1.12 bits per heavy atom. The molecule has 1 N–H and O–H groups in total. The monoisotopic (exact) mass is 616 g/mol. The second-order valence-corrected chi connectivity index (χ2v) is 9.38. The topological polar surface area (TPSA) is 86.9 Å². The van der Waals surface area contributed by atoms with Gasteiger partial charge in [0.2, 0.25) is 0 Å². The SMILES string of the molecule is CC.CC.CC.CC=N/C(CN(C)CC(=O)O)=C(/CCC)C(C)CC=NC(=NC)C1C=CC(OC(C)C)=C(C(F)(F)F)C1. The van der Waals surface area contributed by atoms with Crippen molar-refractivity contribution in [2.75, 3.05) is 27.2 Å². The molecule has 2 atom stereocenters. The number of carbonyl (C=O) groups is 1. The molecule has 1 rings (SSSR count).